The predicted octanol–water partition coefficient (Wildman–Crippen LogP) is 4.44. The Kier molecular flexibility index (Phi) is 5.79. The topological polar surface area (TPSA) is 30.5 Å². The number of para-hydroxylation sites is 2. The quantitative estimate of drug-likeness (QED) is 0.571. The third-order valence-corrected chi connectivity index (χ3v) is 3.80. The molecule has 5 heteroatoms. The number of benzene rings is 2. The normalized spacial score (nSPS) is 10.2. The minimum absolute atomic E-state index is 0.555. The molecule has 0 aliphatic rings. The van der Waals surface area contributed by atoms with Gasteiger partial charge in [0.25, 0.3) is 0 Å². The first kappa shape index (κ1) is 15.3. The summed E-state index contributed by atoms with van der Waals surface area (Å²) in [6, 6.07) is 13.4. The maximum Gasteiger partial charge on any atom is 0.161 e. The summed E-state index contributed by atoms with van der Waals surface area (Å²) >= 11 is 8.17. The van der Waals surface area contributed by atoms with Crippen LogP contribution in [0.5, 0.6) is 11.5 Å². The Labute approximate surface area is 137 Å². The molecule has 0 aromatic heterocycles. The Balaban J connectivity index is 1.84. The van der Waals surface area contributed by atoms with Crippen molar-refractivity contribution < 1.29 is 9.47 Å². The molecule has 0 radical (unpaired) electrons. The largest absolute Gasteiger partial charge is 0.493 e. The zero-order valence-electron chi connectivity index (χ0n) is 11.0. The van der Waals surface area contributed by atoms with Crippen molar-refractivity contribution in [3.05, 3.63) is 51.1 Å². The molecule has 0 aliphatic carbocycles. The van der Waals surface area contributed by atoms with Gasteiger partial charge in [-0.05, 0) is 52.9 Å². The van der Waals surface area contributed by atoms with Gasteiger partial charge in [-0.25, -0.2) is 0 Å². The van der Waals surface area contributed by atoms with Gasteiger partial charge in [-0.15, -0.1) is 0 Å². The maximum absolute atomic E-state index is 5.92. The van der Waals surface area contributed by atoms with E-state index in [0.29, 0.717) is 13.2 Å². The van der Waals surface area contributed by atoms with E-state index in [0.717, 1.165) is 25.8 Å². The van der Waals surface area contributed by atoms with Crippen LogP contribution in [0.3, 0.4) is 0 Å². The SMILES string of the molecule is COc1ccccc1OCCNc1ccc(Cl)cc1I. The van der Waals surface area contributed by atoms with Crippen molar-refractivity contribution >= 4 is 39.9 Å². The first-order valence-corrected chi connectivity index (χ1v) is 7.61. The molecule has 0 amide bonds. The number of anilines is 1. The van der Waals surface area contributed by atoms with Crippen molar-refractivity contribution in [2.45, 2.75) is 0 Å². The van der Waals surface area contributed by atoms with E-state index >= 15 is 0 Å². The minimum atomic E-state index is 0.555. The van der Waals surface area contributed by atoms with Gasteiger partial charge in [0.1, 0.15) is 6.61 Å². The lowest BCUT2D eigenvalue weighted by Gasteiger charge is -2.12. The van der Waals surface area contributed by atoms with Gasteiger partial charge in [0.15, 0.2) is 11.5 Å². The first-order chi connectivity index (χ1) is 9.70. The Morgan fingerprint density at radius 2 is 1.90 bits per heavy atom. The molecule has 0 unspecified atom stereocenters. The van der Waals surface area contributed by atoms with E-state index in [1.54, 1.807) is 7.11 Å². The summed E-state index contributed by atoms with van der Waals surface area (Å²) in [5, 5.41) is 4.06. The Morgan fingerprint density at radius 1 is 1.15 bits per heavy atom. The van der Waals surface area contributed by atoms with E-state index < -0.39 is 0 Å². The van der Waals surface area contributed by atoms with Gasteiger partial charge < -0.3 is 14.8 Å². The number of methoxy groups -OCH3 is 1. The summed E-state index contributed by atoms with van der Waals surface area (Å²) < 4.78 is 12.0. The second kappa shape index (κ2) is 7.59. The first-order valence-electron chi connectivity index (χ1n) is 6.15. The number of hydrogen-bond donors (Lipinski definition) is 1. The van der Waals surface area contributed by atoms with Crippen molar-refractivity contribution in [3.8, 4) is 11.5 Å². The fraction of sp³-hybridized carbons (Fsp3) is 0.200. The lowest BCUT2D eigenvalue weighted by atomic mass is 10.3. The average molecular weight is 404 g/mol. The van der Waals surface area contributed by atoms with E-state index in [9.17, 15) is 0 Å². The van der Waals surface area contributed by atoms with Crippen molar-refractivity contribution in [2.75, 3.05) is 25.6 Å². The van der Waals surface area contributed by atoms with Crippen LogP contribution in [-0.2, 0) is 0 Å². The molecule has 0 bridgehead atoms. The summed E-state index contributed by atoms with van der Waals surface area (Å²) in [6.45, 7) is 1.26. The molecule has 1 N–H and O–H groups in total. The van der Waals surface area contributed by atoms with Gasteiger partial charge in [-0.2, -0.15) is 0 Å². The van der Waals surface area contributed by atoms with Crippen molar-refractivity contribution in [1.29, 1.82) is 0 Å². The molecule has 0 atom stereocenters. The number of rotatable bonds is 6. The highest BCUT2D eigenvalue weighted by Crippen LogP contribution is 2.26. The molecule has 0 fully saturated rings. The van der Waals surface area contributed by atoms with E-state index in [4.69, 9.17) is 21.1 Å². The lowest BCUT2D eigenvalue weighted by Crippen LogP contribution is -2.12. The molecule has 0 aliphatic heterocycles. The number of hydrogen-bond acceptors (Lipinski definition) is 3. The van der Waals surface area contributed by atoms with Gasteiger partial charge in [0, 0.05) is 20.8 Å². The molecule has 106 valence electrons. The average Bonchev–Trinajstić information content (AvgIpc) is 2.46. The molecular weight excluding hydrogens is 389 g/mol. The Bertz CT molecular complexity index is 578. The number of nitrogens with one attached hydrogen (secondary N) is 1. The molecule has 0 heterocycles. The highest BCUT2D eigenvalue weighted by Gasteiger charge is 2.03. The lowest BCUT2D eigenvalue weighted by molar-refractivity contribution is 0.306. The standard InChI is InChI=1S/C15H15ClINO2/c1-19-14-4-2-3-5-15(14)20-9-8-18-13-7-6-11(16)10-12(13)17/h2-7,10,18H,8-9H2,1H3. The summed E-state index contributed by atoms with van der Waals surface area (Å²) in [4.78, 5) is 0. The summed E-state index contributed by atoms with van der Waals surface area (Å²) in [5.41, 5.74) is 1.05. The van der Waals surface area contributed by atoms with Gasteiger partial charge in [0.05, 0.1) is 7.11 Å². The zero-order chi connectivity index (χ0) is 14.4. The predicted molar refractivity (Wildman–Crippen MR) is 91.1 cm³/mol. The summed E-state index contributed by atoms with van der Waals surface area (Å²) in [6.07, 6.45) is 0. The van der Waals surface area contributed by atoms with Crippen LogP contribution in [0.15, 0.2) is 42.5 Å². The second-order valence-electron chi connectivity index (χ2n) is 4.05. The molecule has 2 aromatic carbocycles. The molecule has 0 saturated carbocycles. The van der Waals surface area contributed by atoms with Gasteiger partial charge >= 0.3 is 0 Å². The highest BCUT2D eigenvalue weighted by atomic mass is 127. The van der Waals surface area contributed by atoms with Crippen molar-refractivity contribution in [3.63, 3.8) is 0 Å². The van der Waals surface area contributed by atoms with Crippen LogP contribution in [0.2, 0.25) is 5.02 Å². The molecule has 20 heavy (non-hydrogen) atoms. The number of ether oxygens (including phenoxy) is 2. The second-order valence-corrected chi connectivity index (χ2v) is 5.65. The fourth-order valence-corrected chi connectivity index (χ4v) is 2.78. The molecule has 0 saturated heterocycles. The van der Waals surface area contributed by atoms with Crippen LogP contribution in [0.4, 0.5) is 5.69 Å². The molecular formula is C15H15ClINO2. The molecule has 3 nitrogen and oxygen atoms in total. The maximum atomic E-state index is 5.92. The highest BCUT2D eigenvalue weighted by molar-refractivity contribution is 14.1. The van der Waals surface area contributed by atoms with Crippen molar-refractivity contribution in [1.82, 2.24) is 0 Å². The van der Waals surface area contributed by atoms with Gasteiger partial charge in [-0.1, -0.05) is 23.7 Å². The minimum Gasteiger partial charge on any atom is -0.493 e. The van der Waals surface area contributed by atoms with Crippen molar-refractivity contribution in [2.24, 2.45) is 0 Å². The fourth-order valence-electron chi connectivity index (χ4n) is 1.72. The molecule has 0 spiro atoms. The Morgan fingerprint density at radius 3 is 2.60 bits per heavy atom. The van der Waals surface area contributed by atoms with Crippen LogP contribution in [0.1, 0.15) is 0 Å². The third-order valence-electron chi connectivity index (χ3n) is 2.68. The van der Waals surface area contributed by atoms with E-state index in [2.05, 4.69) is 27.9 Å². The van der Waals surface area contributed by atoms with Crippen LogP contribution < -0.4 is 14.8 Å². The van der Waals surface area contributed by atoms with Crippen LogP contribution in [0.25, 0.3) is 0 Å². The summed E-state index contributed by atoms with van der Waals surface area (Å²) in [5.74, 6) is 1.50. The van der Waals surface area contributed by atoms with Gasteiger partial charge in [0.2, 0.25) is 0 Å². The van der Waals surface area contributed by atoms with E-state index in [1.165, 1.54) is 0 Å². The third kappa shape index (κ3) is 4.18. The summed E-state index contributed by atoms with van der Waals surface area (Å²) in [7, 11) is 1.64. The van der Waals surface area contributed by atoms with Crippen LogP contribution in [0, 0.1) is 3.57 Å². The van der Waals surface area contributed by atoms with E-state index in [1.807, 2.05) is 42.5 Å². The van der Waals surface area contributed by atoms with E-state index in [-0.39, 0.29) is 0 Å². The van der Waals surface area contributed by atoms with Crippen LogP contribution in [-0.4, -0.2) is 20.3 Å². The molecule has 2 rings (SSSR count). The zero-order valence-corrected chi connectivity index (χ0v) is 13.9. The molecule has 2 aromatic rings. The number of halogens is 2. The van der Waals surface area contributed by atoms with Gasteiger partial charge in [-0.3, -0.25) is 0 Å². The smallest absolute Gasteiger partial charge is 0.161 e. The monoisotopic (exact) mass is 403 g/mol. The van der Waals surface area contributed by atoms with Crippen LogP contribution >= 0.6 is 34.2 Å². The Hall–Kier alpha value is -1.14.